The molecule has 0 unspecified atom stereocenters. The Bertz CT molecular complexity index is 456. The summed E-state index contributed by atoms with van der Waals surface area (Å²) in [6.07, 6.45) is 1.66. The Hall–Kier alpha value is -1.46. The highest BCUT2D eigenvalue weighted by Gasteiger charge is 2.22. The highest BCUT2D eigenvalue weighted by Crippen LogP contribution is 2.10. The van der Waals surface area contributed by atoms with Gasteiger partial charge in [-0.25, -0.2) is 4.39 Å². The van der Waals surface area contributed by atoms with Gasteiger partial charge in [-0.1, -0.05) is 12.1 Å². The zero-order valence-electron chi connectivity index (χ0n) is 14.4. The maximum absolute atomic E-state index is 12.9. The van der Waals surface area contributed by atoms with Gasteiger partial charge in [0.1, 0.15) is 5.82 Å². The highest BCUT2D eigenvalue weighted by atomic mass is 19.1. The van der Waals surface area contributed by atoms with Crippen molar-refractivity contribution < 1.29 is 18.7 Å². The summed E-state index contributed by atoms with van der Waals surface area (Å²) in [6, 6.07) is 6.20. The van der Waals surface area contributed by atoms with E-state index < -0.39 is 6.29 Å². The van der Waals surface area contributed by atoms with Crippen LogP contribution >= 0.6 is 0 Å². The summed E-state index contributed by atoms with van der Waals surface area (Å²) >= 11 is 0. The van der Waals surface area contributed by atoms with Gasteiger partial charge in [-0.3, -0.25) is 4.79 Å². The molecule has 4 nitrogen and oxygen atoms in total. The zero-order chi connectivity index (χ0) is 17.2. The van der Waals surface area contributed by atoms with Crippen LogP contribution in [0.2, 0.25) is 0 Å². The molecule has 0 aliphatic heterocycles. The van der Waals surface area contributed by atoms with Crippen molar-refractivity contribution in [1.82, 2.24) is 4.90 Å². The van der Waals surface area contributed by atoms with E-state index in [1.807, 2.05) is 27.7 Å². The molecule has 0 spiro atoms. The summed E-state index contributed by atoms with van der Waals surface area (Å²) in [5.74, 6) is -0.353. The van der Waals surface area contributed by atoms with Gasteiger partial charge >= 0.3 is 0 Å². The van der Waals surface area contributed by atoms with E-state index in [0.29, 0.717) is 26.2 Å². The first-order valence-electron chi connectivity index (χ1n) is 8.09. The zero-order valence-corrected chi connectivity index (χ0v) is 14.4. The number of ether oxygens (including phenoxy) is 2. The molecule has 129 valence electrons. The van der Waals surface area contributed by atoms with Crippen molar-refractivity contribution in [2.75, 3.05) is 19.8 Å². The minimum Gasteiger partial charge on any atom is -0.351 e. The van der Waals surface area contributed by atoms with Gasteiger partial charge in [0.2, 0.25) is 5.91 Å². The van der Waals surface area contributed by atoms with Crippen LogP contribution < -0.4 is 0 Å². The average molecular weight is 324 g/mol. The Morgan fingerprint density at radius 3 is 2.22 bits per heavy atom. The molecular weight excluding hydrogens is 297 g/mol. The quantitative estimate of drug-likeness (QED) is 0.620. The molecule has 0 fully saturated rings. The molecular formula is C18H27FNO3. The van der Waals surface area contributed by atoms with E-state index in [-0.39, 0.29) is 17.8 Å². The molecule has 0 aliphatic carbocycles. The summed E-state index contributed by atoms with van der Waals surface area (Å²) in [5.41, 5.74) is 0.898. The molecule has 0 heterocycles. The number of amides is 1. The number of carbonyl (C=O) groups is 1. The third kappa shape index (κ3) is 7.10. The van der Waals surface area contributed by atoms with E-state index in [2.05, 4.69) is 0 Å². The Kier molecular flexibility index (Phi) is 8.81. The first-order valence-corrected chi connectivity index (χ1v) is 8.09. The first kappa shape index (κ1) is 19.6. The second kappa shape index (κ2) is 10.3. The smallest absolute Gasteiger partial charge is 0.227 e. The minimum absolute atomic E-state index is 0.0374. The van der Waals surface area contributed by atoms with Gasteiger partial charge in [0.05, 0.1) is 13.0 Å². The third-order valence-electron chi connectivity index (χ3n) is 3.38. The molecule has 23 heavy (non-hydrogen) atoms. The van der Waals surface area contributed by atoms with Crippen molar-refractivity contribution in [2.45, 2.75) is 46.4 Å². The fraction of sp³-hybridized carbons (Fsp3) is 0.556. The Balaban J connectivity index is 2.60. The van der Waals surface area contributed by atoms with Crippen LogP contribution in [0.5, 0.6) is 0 Å². The predicted molar refractivity (Wildman–Crippen MR) is 88.3 cm³/mol. The fourth-order valence-electron chi connectivity index (χ4n) is 2.18. The molecule has 1 radical (unpaired) electrons. The molecule has 0 bridgehead atoms. The molecule has 0 aromatic heterocycles. The number of hydrogen-bond acceptors (Lipinski definition) is 3. The lowest BCUT2D eigenvalue weighted by atomic mass is 10.1. The van der Waals surface area contributed by atoms with E-state index in [1.54, 1.807) is 23.5 Å². The molecule has 1 aromatic rings. The van der Waals surface area contributed by atoms with Crippen LogP contribution in [0.15, 0.2) is 24.3 Å². The normalized spacial score (nSPS) is 11.3. The minimum atomic E-state index is -0.421. The van der Waals surface area contributed by atoms with Gasteiger partial charge < -0.3 is 14.4 Å². The lowest BCUT2D eigenvalue weighted by molar-refractivity contribution is -0.159. The molecule has 0 atom stereocenters. The van der Waals surface area contributed by atoms with Crippen LogP contribution in [0.1, 0.15) is 33.3 Å². The maximum atomic E-state index is 12.9. The lowest BCUT2D eigenvalue weighted by Gasteiger charge is -2.30. The molecule has 0 N–H and O–H groups in total. The fourth-order valence-corrected chi connectivity index (χ4v) is 2.18. The monoisotopic (exact) mass is 324 g/mol. The number of hydrogen-bond donors (Lipinski definition) is 0. The van der Waals surface area contributed by atoms with Gasteiger partial charge in [0.25, 0.3) is 0 Å². The number of rotatable bonds is 10. The van der Waals surface area contributed by atoms with Gasteiger partial charge in [-0.05, 0) is 51.8 Å². The van der Waals surface area contributed by atoms with Crippen molar-refractivity contribution in [1.29, 1.82) is 0 Å². The standard InChI is InChI=1S/C18H27FNO3/c1-5-22-18(23-6-2)13-20(14(3)4)17(21)12-9-15-7-10-16(19)11-8-15/h7-8,10-12,14,18H,5-6,9,13H2,1-4H3. The van der Waals surface area contributed by atoms with E-state index >= 15 is 0 Å². The molecule has 0 aliphatic rings. The van der Waals surface area contributed by atoms with E-state index in [0.717, 1.165) is 5.56 Å². The number of benzene rings is 1. The Morgan fingerprint density at radius 1 is 1.17 bits per heavy atom. The lowest BCUT2D eigenvalue weighted by Crippen LogP contribution is -2.44. The van der Waals surface area contributed by atoms with E-state index in [9.17, 15) is 9.18 Å². The van der Waals surface area contributed by atoms with Crippen molar-refractivity contribution >= 4 is 5.91 Å². The maximum Gasteiger partial charge on any atom is 0.227 e. The summed E-state index contributed by atoms with van der Waals surface area (Å²) in [6.45, 7) is 9.16. The Labute approximate surface area is 138 Å². The summed E-state index contributed by atoms with van der Waals surface area (Å²) < 4.78 is 23.9. The molecule has 1 amide bonds. The van der Waals surface area contributed by atoms with Crippen molar-refractivity contribution in [3.8, 4) is 0 Å². The third-order valence-corrected chi connectivity index (χ3v) is 3.38. The average Bonchev–Trinajstić information content (AvgIpc) is 2.51. The first-order chi connectivity index (χ1) is 11.0. The molecule has 0 saturated heterocycles. The summed E-state index contributed by atoms with van der Waals surface area (Å²) in [5, 5.41) is 0. The van der Waals surface area contributed by atoms with Gasteiger partial charge in [0, 0.05) is 19.3 Å². The predicted octanol–water partition coefficient (Wildman–Crippen LogP) is 3.21. The van der Waals surface area contributed by atoms with E-state index in [1.165, 1.54) is 12.1 Å². The number of carbonyl (C=O) groups excluding carboxylic acids is 1. The van der Waals surface area contributed by atoms with Gasteiger partial charge in [0.15, 0.2) is 6.29 Å². The van der Waals surface area contributed by atoms with Gasteiger partial charge in [-0.2, -0.15) is 0 Å². The second-order valence-electron chi connectivity index (χ2n) is 5.46. The topological polar surface area (TPSA) is 38.8 Å². The van der Waals surface area contributed by atoms with Crippen LogP contribution in [-0.4, -0.2) is 42.9 Å². The largest absolute Gasteiger partial charge is 0.351 e. The molecule has 1 rings (SSSR count). The molecule has 5 heteroatoms. The highest BCUT2D eigenvalue weighted by molar-refractivity contribution is 5.85. The van der Waals surface area contributed by atoms with Crippen LogP contribution in [-0.2, 0) is 20.7 Å². The van der Waals surface area contributed by atoms with Gasteiger partial charge in [-0.15, -0.1) is 0 Å². The van der Waals surface area contributed by atoms with Crippen molar-refractivity contribution in [3.05, 3.63) is 42.1 Å². The number of halogens is 1. The molecule has 1 aromatic carbocycles. The SMILES string of the molecule is CCOC(CN(C(=O)[CH]Cc1ccc(F)cc1)C(C)C)OCC. The van der Waals surface area contributed by atoms with Crippen molar-refractivity contribution in [2.24, 2.45) is 0 Å². The molecule has 0 saturated carbocycles. The van der Waals surface area contributed by atoms with Crippen LogP contribution in [0.4, 0.5) is 4.39 Å². The summed E-state index contributed by atoms with van der Waals surface area (Å²) in [7, 11) is 0. The summed E-state index contributed by atoms with van der Waals surface area (Å²) in [4.78, 5) is 14.2. The Morgan fingerprint density at radius 2 is 1.74 bits per heavy atom. The second-order valence-corrected chi connectivity index (χ2v) is 5.46. The van der Waals surface area contributed by atoms with Crippen LogP contribution in [0.3, 0.4) is 0 Å². The van der Waals surface area contributed by atoms with Crippen LogP contribution in [0.25, 0.3) is 0 Å². The van der Waals surface area contributed by atoms with E-state index in [4.69, 9.17) is 9.47 Å². The number of nitrogens with zero attached hydrogens (tertiary/aromatic N) is 1. The van der Waals surface area contributed by atoms with Crippen molar-refractivity contribution in [3.63, 3.8) is 0 Å². The van der Waals surface area contributed by atoms with Crippen LogP contribution in [0, 0.1) is 12.2 Å².